The quantitative estimate of drug-likeness (QED) is 0.681. The number of piperidine rings is 1. The number of hydrogen-bond donors (Lipinski definition) is 2. The molecule has 4 heteroatoms. The largest absolute Gasteiger partial charge is 0.383 e. The molecule has 4 nitrogen and oxygen atoms in total. The van der Waals surface area contributed by atoms with Crippen LogP contribution in [-0.2, 0) is 4.74 Å². The number of nitrogens with one attached hydrogen (secondary N) is 2. The summed E-state index contributed by atoms with van der Waals surface area (Å²) in [5.74, 6) is 0. The number of aromatic nitrogens is 1. The van der Waals surface area contributed by atoms with Crippen LogP contribution in [0.5, 0.6) is 0 Å². The van der Waals surface area contributed by atoms with E-state index >= 15 is 0 Å². The molecule has 0 bridgehead atoms. The lowest BCUT2D eigenvalue weighted by Gasteiger charge is -2.35. The van der Waals surface area contributed by atoms with E-state index in [2.05, 4.69) is 76.7 Å². The highest BCUT2D eigenvalue weighted by atomic mass is 16.5. The number of methoxy groups -OCH3 is 1. The Morgan fingerprint density at radius 1 is 1.11 bits per heavy atom. The molecule has 2 heterocycles. The highest BCUT2D eigenvalue weighted by Crippen LogP contribution is 2.27. The highest BCUT2D eigenvalue weighted by Gasteiger charge is 2.20. The Morgan fingerprint density at radius 3 is 2.56 bits per heavy atom. The molecule has 2 N–H and O–H groups in total. The second kappa shape index (κ2) is 8.15. The van der Waals surface area contributed by atoms with Crippen LogP contribution in [0, 0.1) is 0 Å². The van der Waals surface area contributed by atoms with Gasteiger partial charge in [0, 0.05) is 54.6 Å². The Morgan fingerprint density at radius 2 is 1.85 bits per heavy atom. The number of rotatable bonds is 6. The van der Waals surface area contributed by atoms with E-state index in [0.717, 1.165) is 19.7 Å². The van der Waals surface area contributed by atoms with E-state index < -0.39 is 0 Å². The van der Waals surface area contributed by atoms with Crippen LogP contribution < -0.4 is 10.2 Å². The van der Waals surface area contributed by atoms with E-state index in [1.807, 2.05) is 0 Å². The van der Waals surface area contributed by atoms with Gasteiger partial charge in [-0.05, 0) is 49.6 Å². The number of para-hydroxylation sites is 1. The van der Waals surface area contributed by atoms with Gasteiger partial charge < -0.3 is 19.9 Å². The van der Waals surface area contributed by atoms with E-state index in [4.69, 9.17) is 4.74 Å². The molecular formula is C23H29N3O. The Hall–Kier alpha value is -2.30. The molecule has 0 radical (unpaired) electrons. The van der Waals surface area contributed by atoms with Crippen LogP contribution in [-0.4, -0.2) is 43.9 Å². The molecular weight excluding hydrogens is 334 g/mol. The zero-order valence-electron chi connectivity index (χ0n) is 16.2. The number of H-pyrrole nitrogens is 1. The molecule has 1 saturated heterocycles. The summed E-state index contributed by atoms with van der Waals surface area (Å²) in [6.45, 7) is 5.17. The van der Waals surface area contributed by atoms with Crippen molar-refractivity contribution < 1.29 is 4.74 Å². The molecule has 1 atom stereocenters. The molecule has 27 heavy (non-hydrogen) atoms. The van der Waals surface area contributed by atoms with Crippen molar-refractivity contribution >= 4 is 16.6 Å². The molecule has 1 aliphatic heterocycles. The smallest absolute Gasteiger partial charge is 0.0613 e. The van der Waals surface area contributed by atoms with Crippen LogP contribution in [0.4, 0.5) is 5.69 Å². The summed E-state index contributed by atoms with van der Waals surface area (Å²) in [6.07, 6.45) is 2.36. The molecule has 142 valence electrons. The van der Waals surface area contributed by atoms with Crippen molar-refractivity contribution in [3.05, 3.63) is 54.6 Å². The predicted molar refractivity (Wildman–Crippen MR) is 113 cm³/mol. The van der Waals surface area contributed by atoms with Crippen molar-refractivity contribution in [1.82, 2.24) is 10.3 Å². The van der Waals surface area contributed by atoms with Gasteiger partial charge >= 0.3 is 0 Å². The van der Waals surface area contributed by atoms with Gasteiger partial charge in [0.25, 0.3) is 0 Å². The number of ether oxygens (including phenoxy) is 1. The lowest BCUT2D eigenvalue weighted by molar-refractivity contribution is 0.163. The minimum atomic E-state index is 0.419. The summed E-state index contributed by atoms with van der Waals surface area (Å²) in [4.78, 5) is 6.01. The van der Waals surface area contributed by atoms with Crippen molar-refractivity contribution in [2.75, 3.05) is 31.7 Å². The van der Waals surface area contributed by atoms with Crippen molar-refractivity contribution in [3.8, 4) is 11.3 Å². The first-order valence-electron chi connectivity index (χ1n) is 9.91. The van der Waals surface area contributed by atoms with Crippen LogP contribution in [0.3, 0.4) is 0 Å². The second-order valence-corrected chi connectivity index (χ2v) is 7.60. The minimum Gasteiger partial charge on any atom is -0.383 e. The monoisotopic (exact) mass is 363 g/mol. The van der Waals surface area contributed by atoms with Gasteiger partial charge in [-0.1, -0.05) is 30.3 Å². The Kier molecular flexibility index (Phi) is 5.46. The first-order valence-corrected chi connectivity index (χ1v) is 9.91. The third kappa shape index (κ3) is 4.18. The van der Waals surface area contributed by atoms with Gasteiger partial charge in [-0.2, -0.15) is 0 Å². The molecule has 1 unspecified atom stereocenters. The fraction of sp³-hybridized carbons (Fsp3) is 0.391. The summed E-state index contributed by atoms with van der Waals surface area (Å²) >= 11 is 0. The van der Waals surface area contributed by atoms with Crippen LogP contribution in [0.2, 0.25) is 0 Å². The van der Waals surface area contributed by atoms with E-state index in [1.165, 1.54) is 40.7 Å². The molecule has 3 aromatic rings. The maximum atomic E-state index is 5.23. The second-order valence-electron chi connectivity index (χ2n) is 7.60. The number of aromatic amines is 1. The zero-order valence-corrected chi connectivity index (χ0v) is 16.2. The molecule has 1 aliphatic rings. The molecule has 1 aromatic heterocycles. The van der Waals surface area contributed by atoms with Crippen LogP contribution in [0.1, 0.15) is 19.8 Å². The zero-order chi connectivity index (χ0) is 18.6. The van der Waals surface area contributed by atoms with E-state index in [1.54, 1.807) is 7.11 Å². The van der Waals surface area contributed by atoms with Crippen LogP contribution >= 0.6 is 0 Å². The van der Waals surface area contributed by atoms with Gasteiger partial charge in [-0.25, -0.2) is 0 Å². The number of nitrogens with zero attached hydrogens (tertiary/aromatic N) is 1. The van der Waals surface area contributed by atoms with Gasteiger partial charge in [0.05, 0.1) is 6.61 Å². The summed E-state index contributed by atoms with van der Waals surface area (Å²) in [5.41, 5.74) is 4.92. The van der Waals surface area contributed by atoms with Crippen molar-refractivity contribution in [2.24, 2.45) is 0 Å². The lowest BCUT2D eigenvalue weighted by Crippen LogP contribution is -2.46. The van der Waals surface area contributed by atoms with Crippen LogP contribution in [0.25, 0.3) is 22.2 Å². The summed E-state index contributed by atoms with van der Waals surface area (Å²) in [5, 5.41) is 4.94. The average Bonchev–Trinajstić information content (AvgIpc) is 3.13. The number of fused-ring (bicyclic) bond motifs is 1. The predicted octanol–water partition coefficient (Wildman–Crippen LogP) is 4.43. The van der Waals surface area contributed by atoms with Gasteiger partial charge in [0.2, 0.25) is 0 Å². The standard InChI is InChI=1S/C23H29N3O/c1-17(16-27-2)24-20-11-13-26(14-12-20)21-9-7-18(8-10-21)23-15-19-5-3-4-6-22(19)25-23/h3-10,15,17,20,24-25H,11-14,16H2,1-2H3. The molecule has 0 spiro atoms. The third-order valence-corrected chi connectivity index (χ3v) is 5.51. The topological polar surface area (TPSA) is 40.3 Å². The average molecular weight is 364 g/mol. The first-order chi connectivity index (χ1) is 13.2. The lowest BCUT2D eigenvalue weighted by atomic mass is 10.0. The molecule has 0 saturated carbocycles. The van der Waals surface area contributed by atoms with Gasteiger partial charge in [-0.15, -0.1) is 0 Å². The normalized spacial score (nSPS) is 16.7. The molecule has 2 aromatic carbocycles. The number of benzene rings is 2. The van der Waals surface area contributed by atoms with Crippen molar-refractivity contribution in [2.45, 2.75) is 31.8 Å². The maximum Gasteiger partial charge on any atom is 0.0613 e. The molecule has 4 rings (SSSR count). The van der Waals surface area contributed by atoms with Gasteiger partial charge in [-0.3, -0.25) is 0 Å². The van der Waals surface area contributed by atoms with Gasteiger partial charge in [0.1, 0.15) is 0 Å². The summed E-state index contributed by atoms with van der Waals surface area (Å²) in [6, 6.07) is 20.6. The molecule has 1 fully saturated rings. The van der Waals surface area contributed by atoms with E-state index in [9.17, 15) is 0 Å². The molecule has 0 amide bonds. The fourth-order valence-corrected chi connectivity index (χ4v) is 4.09. The number of hydrogen-bond acceptors (Lipinski definition) is 3. The van der Waals surface area contributed by atoms with E-state index in [-0.39, 0.29) is 0 Å². The Labute approximate surface area is 161 Å². The minimum absolute atomic E-state index is 0.419. The van der Waals surface area contributed by atoms with E-state index in [0.29, 0.717) is 12.1 Å². The first kappa shape index (κ1) is 18.1. The highest BCUT2D eigenvalue weighted by molar-refractivity contribution is 5.85. The van der Waals surface area contributed by atoms with Gasteiger partial charge in [0.15, 0.2) is 0 Å². The fourth-order valence-electron chi connectivity index (χ4n) is 4.09. The Balaban J connectivity index is 1.38. The van der Waals surface area contributed by atoms with Crippen molar-refractivity contribution in [3.63, 3.8) is 0 Å². The summed E-state index contributed by atoms with van der Waals surface area (Å²) in [7, 11) is 1.76. The SMILES string of the molecule is COCC(C)NC1CCN(c2ccc(-c3cc4ccccc4[nH]3)cc2)CC1. The maximum absolute atomic E-state index is 5.23. The summed E-state index contributed by atoms with van der Waals surface area (Å²) < 4.78 is 5.23. The Bertz CT molecular complexity index is 830. The van der Waals surface area contributed by atoms with Crippen molar-refractivity contribution in [1.29, 1.82) is 0 Å². The van der Waals surface area contributed by atoms with Crippen LogP contribution in [0.15, 0.2) is 54.6 Å². The number of anilines is 1. The third-order valence-electron chi connectivity index (χ3n) is 5.51. The molecule has 0 aliphatic carbocycles.